The average Bonchev–Trinajstić information content (AvgIpc) is 3.16. The molecule has 5 heteroatoms. The van der Waals surface area contributed by atoms with Gasteiger partial charge < -0.3 is 10.1 Å². The number of nitrogens with zero attached hydrogens (tertiary/aromatic N) is 1. The molecule has 4 nitrogen and oxygen atoms in total. The third-order valence-corrected chi connectivity index (χ3v) is 4.84. The normalized spacial score (nSPS) is 21.6. The smallest absolute Gasteiger partial charge is 0.184 e. The fourth-order valence-electron chi connectivity index (χ4n) is 2.25. The van der Waals surface area contributed by atoms with Gasteiger partial charge in [0.25, 0.3) is 0 Å². The van der Waals surface area contributed by atoms with Crippen LogP contribution in [0.5, 0.6) is 0 Å². The Hall–Kier alpha value is -1.20. The minimum Gasteiger partial charge on any atom is -0.377 e. The molecule has 1 aromatic heterocycles. The van der Waals surface area contributed by atoms with Gasteiger partial charge in [0.15, 0.2) is 5.13 Å². The monoisotopic (exact) mass is 292 g/mol. The van der Waals surface area contributed by atoms with Crippen molar-refractivity contribution in [2.24, 2.45) is 11.8 Å². The summed E-state index contributed by atoms with van der Waals surface area (Å²) in [5.41, 5.74) is 0. The fraction of sp³-hybridized carbons (Fsp3) is 0.600. The molecule has 0 amide bonds. The topological polar surface area (TPSA) is 51.2 Å². The number of ketones is 1. The van der Waals surface area contributed by atoms with E-state index in [4.69, 9.17) is 4.74 Å². The predicted octanol–water partition coefficient (Wildman–Crippen LogP) is 1.15. The summed E-state index contributed by atoms with van der Waals surface area (Å²) in [4.78, 5) is 16.4. The Kier molecular flexibility index (Phi) is 3.89. The van der Waals surface area contributed by atoms with E-state index in [0.717, 1.165) is 47.5 Å². The van der Waals surface area contributed by atoms with Crippen LogP contribution in [0.25, 0.3) is 12.7 Å². The zero-order valence-electron chi connectivity index (χ0n) is 11.7. The van der Waals surface area contributed by atoms with Crippen molar-refractivity contribution in [2.45, 2.75) is 32.2 Å². The molecule has 1 unspecified atom stereocenters. The lowest BCUT2D eigenvalue weighted by Crippen LogP contribution is -2.40. The zero-order chi connectivity index (χ0) is 14.1. The number of thiazole rings is 1. The molecular weight excluding hydrogens is 272 g/mol. The van der Waals surface area contributed by atoms with Crippen molar-refractivity contribution in [3.8, 4) is 0 Å². The molecule has 1 saturated carbocycles. The maximum Gasteiger partial charge on any atom is 0.184 e. The van der Waals surface area contributed by atoms with E-state index in [2.05, 4.69) is 23.0 Å². The van der Waals surface area contributed by atoms with Gasteiger partial charge in [0.05, 0.1) is 29.1 Å². The molecule has 2 heterocycles. The second-order valence-electron chi connectivity index (χ2n) is 5.73. The van der Waals surface area contributed by atoms with Crippen LogP contribution < -0.4 is 15.2 Å². The molecule has 0 radical (unpaired) electrons. The molecule has 1 aromatic rings. The van der Waals surface area contributed by atoms with Crippen LogP contribution in [-0.2, 0) is 9.53 Å². The van der Waals surface area contributed by atoms with E-state index in [1.54, 1.807) is 11.3 Å². The molecule has 0 spiro atoms. The fourth-order valence-corrected chi connectivity index (χ4v) is 3.18. The second kappa shape index (κ2) is 5.66. The molecule has 3 rings (SSSR count). The number of aromatic nitrogens is 1. The number of nitrogens with one attached hydrogen (secondary N) is 1. The number of hydrogen-bond acceptors (Lipinski definition) is 5. The molecule has 20 heavy (non-hydrogen) atoms. The van der Waals surface area contributed by atoms with Gasteiger partial charge in [-0.05, 0) is 19.3 Å². The molecule has 0 aromatic carbocycles. The lowest BCUT2D eigenvalue weighted by molar-refractivity contribution is -0.123. The van der Waals surface area contributed by atoms with Crippen molar-refractivity contribution < 1.29 is 9.53 Å². The first-order valence-electron chi connectivity index (χ1n) is 7.17. The van der Waals surface area contributed by atoms with Crippen LogP contribution in [0, 0.1) is 11.8 Å². The van der Waals surface area contributed by atoms with E-state index in [-0.39, 0.29) is 5.92 Å². The third-order valence-electron chi connectivity index (χ3n) is 3.82. The van der Waals surface area contributed by atoms with E-state index in [9.17, 15) is 4.79 Å². The largest absolute Gasteiger partial charge is 0.377 e. The van der Waals surface area contributed by atoms with Crippen molar-refractivity contribution in [1.82, 2.24) is 4.98 Å². The summed E-state index contributed by atoms with van der Waals surface area (Å²) in [6, 6.07) is 0.378. The highest BCUT2D eigenvalue weighted by Crippen LogP contribution is 2.33. The van der Waals surface area contributed by atoms with Crippen LogP contribution in [0.3, 0.4) is 0 Å². The summed E-state index contributed by atoms with van der Waals surface area (Å²) in [5.74, 6) is 0.872. The van der Waals surface area contributed by atoms with E-state index in [1.165, 1.54) is 0 Å². The Morgan fingerprint density at radius 1 is 1.60 bits per heavy atom. The van der Waals surface area contributed by atoms with Gasteiger partial charge in [-0.25, -0.2) is 4.98 Å². The summed E-state index contributed by atoms with van der Waals surface area (Å²) < 4.78 is 6.20. The van der Waals surface area contributed by atoms with Gasteiger partial charge >= 0.3 is 0 Å². The van der Waals surface area contributed by atoms with Crippen LogP contribution in [0.4, 0.5) is 5.13 Å². The summed E-state index contributed by atoms with van der Waals surface area (Å²) in [5, 5.41) is 5.03. The maximum atomic E-state index is 11.9. The molecule has 1 aliphatic heterocycles. The number of ether oxygens (including phenoxy) is 1. The average molecular weight is 292 g/mol. The Bertz CT molecular complexity index is 602. The lowest BCUT2D eigenvalue weighted by atomic mass is 9.99. The van der Waals surface area contributed by atoms with Crippen LogP contribution in [0.1, 0.15) is 26.2 Å². The number of hydrogen-bond donors (Lipinski definition) is 1. The Labute approximate surface area is 122 Å². The predicted molar refractivity (Wildman–Crippen MR) is 81.1 cm³/mol. The lowest BCUT2D eigenvalue weighted by Gasteiger charge is -2.26. The van der Waals surface area contributed by atoms with E-state index >= 15 is 0 Å². The highest BCUT2D eigenvalue weighted by Gasteiger charge is 2.32. The third kappa shape index (κ3) is 3.10. The van der Waals surface area contributed by atoms with Gasteiger partial charge in [-0.3, -0.25) is 4.79 Å². The van der Waals surface area contributed by atoms with Crippen LogP contribution in [-0.4, -0.2) is 30.0 Å². The Balaban J connectivity index is 1.64. The van der Waals surface area contributed by atoms with Crippen molar-refractivity contribution >= 4 is 34.9 Å². The highest BCUT2D eigenvalue weighted by molar-refractivity contribution is 7.13. The van der Waals surface area contributed by atoms with E-state index in [1.807, 2.05) is 6.92 Å². The van der Waals surface area contributed by atoms with Gasteiger partial charge in [0, 0.05) is 11.8 Å². The van der Waals surface area contributed by atoms with Gasteiger partial charge in [0.2, 0.25) is 0 Å². The SMILES string of the molecule is C=c1nc(NC2COC2)sc1=CCC(C)C(=O)C1CC1. The number of carbonyl (C=O) groups excluding carboxylic acids is 1. The number of Topliss-reactive ketones (excluding diaryl/α,β-unsaturated/α-hetero) is 1. The van der Waals surface area contributed by atoms with Crippen molar-refractivity contribution in [3.63, 3.8) is 0 Å². The quantitative estimate of drug-likeness (QED) is 0.854. The van der Waals surface area contributed by atoms with Crippen molar-refractivity contribution in [3.05, 3.63) is 9.88 Å². The first-order chi connectivity index (χ1) is 9.63. The molecule has 2 aliphatic rings. The maximum absolute atomic E-state index is 11.9. The Morgan fingerprint density at radius 2 is 2.35 bits per heavy atom. The first-order valence-corrected chi connectivity index (χ1v) is 7.99. The van der Waals surface area contributed by atoms with Gasteiger partial charge in [-0.1, -0.05) is 30.9 Å². The molecule has 1 saturated heterocycles. The second-order valence-corrected chi connectivity index (χ2v) is 6.76. The highest BCUT2D eigenvalue weighted by atomic mass is 32.1. The minimum absolute atomic E-state index is 0.112. The molecule has 108 valence electrons. The summed E-state index contributed by atoms with van der Waals surface area (Å²) in [7, 11) is 0. The number of rotatable bonds is 6. The van der Waals surface area contributed by atoms with Crippen molar-refractivity contribution in [1.29, 1.82) is 0 Å². The summed E-state index contributed by atoms with van der Waals surface area (Å²) in [6.45, 7) is 7.49. The van der Waals surface area contributed by atoms with Gasteiger partial charge in [0.1, 0.15) is 5.78 Å². The molecular formula is C15H20N2O2S. The van der Waals surface area contributed by atoms with Crippen molar-refractivity contribution in [2.75, 3.05) is 18.5 Å². The first kappa shape index (κ1) is 13.8. The van der Waals surface area contributed by atoms with Gasteiger partial charge in [-0.15, -0.1) is 0 Å². The number of carbonyl (C=O) groups is 1. The molecule has 1 aliphatic carbocycles. The molecule has 1 atom stereocenters. The molecule has 0 bridgehead atoms. The van der Waals surface area contributed by atoms with E-state index < -0.39 is 0 Å². The summed E-state index contributed by atoms with van der Waals surface area (Å²) in [6.07, 6.45) is 5.06. The van der Waals surface area contributed by atoms with Gasteiger partial charge in [-0.2, -0.15) is 0 Å². The van der Waals surface area contributed by atoms with E-state index in [0.29, 0.717) is 17.7 Å². The zero-order valence-corrected chi connectivity index (χ0v) is 12.5. The number of anilines is 1. The standard InChI is InChI=1S/C15H20N2O2S/c1-9(14(18)11-4-5-11)3-6-13-10(2)16-15(20-13)17-12-7-19-8-12/h6,9,11-12H,2-5,7-8H2,1H3,(H,16,17). The van der Waals surface area contributed by atoms with Crippen LogP contribution in [0.15, 0.2) is 0 Å². The molecule has 2 fully saturated rings. The Morgan fingerprint density at radius 3 is 2.95 bits per heavy atom. The van der Waals surface area contributed by atoms with Crippen LogP contribution >= 0.6 is 11.3 Å². The van der Waals surface area contributed by atoms with Crippen LogP contribution in [0.2, 0.25) is 0 Å². The summed E-state index contributed by atoms with van der Waals surface area (Å²) >= 11 is 1.61. The molecule has 1 N–H and O–H groups in total. The minimum atomic E-state index is 0.112.